The van der Waals surface area contributed by atoms with Crippen LogP contribution in [0.2, 0.25) is 5.02 Å². The van der Waals surface area contributed by atoms with Gasteiger partial charge in [0.2, 0.25) is 0 Å². The maximum atomic E-state index is 8.98. The monoisotopic (exact) mass is 249 g/mol. The molecule has 1 aromatic carbocycles. The molecule has 0 spiro atoms. The summed E-state index contributed by atoms with van der Waals surface area (Å²) in [6.07, 6.45) is 0.918. The molecule has 15 heavy (non-hydrogen) atoms. The molecule has 0 aliphatic heterocycles. The highest BCUT2D eigenvalue weighted by Crippen LogP contribution is 2.14. The first kappa shape index (κ1) is 14.7. The van der Waals surface area contributed by atoms with E-state index in [1.807, 2.05) is 31.2 Å². The lowest BCUT2D eigenvalue weighted by atomic mass is 10.2. The summed E-state index contributed by atoms with van der Waals surface area (Å²) in [7, 11) is 0. The van der Waals surface area contributed by atoms with Crippen molar-refractivity contribution in [1.29, 1.82) is 0 Å². The lowest BCUT2D eigenvalue weighted by Crippen LogP contribution is -2.31. The normalized spacial score (nSPS) is 11.9. The third-order valence-electron chi connectivity index (χ3n) is 2.25. The van der Waals surface area contributed by atoms with Gasteiger partial charge in [-0.25, -0.2) is 0 Å². The van der Waals surface area contributed by atoms with Crippen molar-refractivity contribution in [1.82, 2.24) is 5.32 Å². The fourth-order valence-electron chi connectivity index (χ4n) is 1.23. The molecule has 0 saturated heterocycles. The van der Waals surface area contributed by atoms with Crippen LogP contribution in [-0.2, 0) is 6.54 Å². The zero-order valence-electron chi connectivity index (χ0n) is 8.74. The van der Waals surface area contributed by atoms with Gasteiger partial charge < -0.3 is 10.4 Å². The smallest absolute Gasteiger partial charge is 0.0584 e. The van der Waals surface area contributed by atoms with Crippen LogP contribution in [0.5, 0.6) is 0 Å². The third-order valence-corrected chi connectivity index (χ3v) is 2.62. The second-order valence-corrected chi connectivity index (χ2v) is 3.67. The molecule has 86 valence electrons. The molecule has 0 aliphatic rings. The first-order chi connectivity index (χ1) is 6.77. The van der Waals surface area contributed by atoms with Crippen LogP contribution in [0.15, 0.2) is 24.3 Å². The van der Waals surface area contributed by atoms with E-state index in [-0.39, 0.29) is 25.1 Å². The van der Waals surface area contributed by atoms with Gasteiger partial charge in [0.25, 0.3) is 0 Å². The van der Waals surface area contributed by atoms with E-state index < -0.39 is 0 Å². The van der Waals surface area contributed by atoms with Crippen LogP contribution in [0.1, 0.15) is 18.9 Å². The fourth-order valence-corrected chi connectivity index (χ4v) is 1.44. The molecule has 0 aromatic heterocycles. The van der Waals surface area contributed by atoms with E-state index in [0.717, 1.165) is 17.0 Å². The van der Waals surface area contributed by atoms with Gasteiger partial charge in [0.05, 0.1) is 6.61 Å². The number of aliphatic hydroxyl groups is 1. The Morgan fingerprint density at radius 2 is 2.07 bits per heavy atom. The summed E-state index contributed by atoms with van der Waals surface area (Å²) in [5.41, 5.74) is 1.07. The maximum Gasteiger partial charge on any atom is 0.0584 e. The van der Waals surface area contributed by atoms with Crippen LogP contribution in [0.3, 0.4) is 0 Å². The summed E-state index contributed by atoms with van der Waals surface area (Å²) < 4.78 is 0. The number of hydrogen-bond donors (Lipinski definition) is 2. The number of nitrogens with one attached hydrogen (secondary N) is 1. The molecule has 1 aromatic rings. The lowest BCUT2D eigenvalue weighted by molar-refractivity contribution is 0.238. The average molecular weight is 250 g/mol. The standard InChI is InChI=1S/C11H16ClNO.ClH/c1-2-10(8-14)13-7-9-5-3-4-6-11(9)12;/h3-6,10,13-14H,2,7-8H2,1H3;1H/t10-;/m0./s1. The maximum absolute atomic E-state index is 8.98. The minimum Gasteiger partial charge on any atom is -0.395 e. The van der Waals surface area contributed by atoms with Gasteiger partial charge in [-0.05, 0) is 18.1 Å². The summed E-state index contributed by atoms with van der Waals surface area (Å²) >= 11 is 5.99. The molecule has 0 unspecified atom stereocenters. The molecule has 0 radical (unpaired) electrons. The van der Waals surface area contributed by atoms with Gasteiger partial charge in [-0.2, -0.15) is 0 Å². The number of aliphatic hydroxyl groups excluding tert-OH is 1. The van der Waals surface area contributed by atoms with Gasteiger partial charge in [0.15, 0.2) is 0 Å². The van der Waals surface area contributed by atoms with Gasteiger partial charge in [-0.1, -0.05) is 36.7 Å². The summed E-state index contributed by atoms with van der Waals surface area (Å²) in [5.74, 6) is 0. The Morgan fingerprint density at radius 1 is 1.40 bits per heavy atom. The molecule has 0 heterocycles. The van der Waals surface area contributed by atoms with Crippen LogP contribution in [-0.4, -0.2) is 17.8 Å². The van der Waals surface area contributed by atoms with E-state index >= 15 is 0 Å². The molecule has 2 nitrogen and oxygen atoms in total. The molecule has 0 saturated carbocycles. The van der Waals surface area contributed by atoms with E-state index in [1.54, 1.807) is 0 Å². The Bertz CT molecular complexity index is 277. The molecule has 0 aliphatic carbocycles. The van der Waals surface area contributed by atoms with Crippen LogP contribution in [0.25, 0.3) is 0 Å². The van der Waals surface area contributed by atoms with E-state index in [2.05, 4.69) is 5.32 Å². The quantitative estimate of drug-likeness (QED) is 0.841. The highest BCUT2D eigenvalue weighted by molar-refractivity contribution is 6.31. The Balaban J connectivity index is 0.00000196. The Kier molecular flexibility index (Phi) is 7.79. The minimum absolute atomic E-state index is 0. The van der Waals surface area contributed by atoms with Crippen LogP contribution in [0, 0.1) is 0 Å². The van der Waals surface area contributed by atoms with Crippen LogP contribution in [0.4, 0.5) is 0 Å². The Hall–Kier alpha value is -0.280. The lowest BCUT2D eigenvalue weighted by Gasteiger charge is -2.14. The SMILES string of the molecule is CC[C@@H](CO)NCc1ccccc1Cl.Cl. The predicted molar refractivity (Wildman–Crippen MR) is 66.7 cm³/mol. The number of benzene rings is 1. The van der Waals surface area contributed by atoms with Gasteiger partial charge >= 0.3 is 0 Å². The van der Waals surface area contributed by atoms with E-state index in [1.165, 1.54) is 0 Å². The zero-order chi connectivity index (χ0) is 10.4. The third kappa shape index (κ3) is 4.85. The molecule has 1 rings (SSSR count). The van der Waals surface area contributed by atoms with Crippen molar-refractivity contribution < 1.29 is 5.11 Å². The minimum atomic E-state index is 0. The zero-order valence-corrected chi connectivity index (χ0v) is 10.3. The van der Waals surface area contributed by atoms with Gasteiger partial charge in [-0.15, -0.1) is 12.4 Å². The van der Waals surface area contributed by atoms with Crippen molar-refractivity contribution in [2.24, 2.45) is 0 Å². The van der Waals surface area contributed by atoms with Gasteiger partial charge in [0, 0.05) is 17.6 Å². The molecular weight excluding hydrogens is 233 g/mol. The predicted octanol–water partition coefficient (Wildman–Crippen LogP) is 2.62. The van der Waals surface area contributed by atoms with Gasteiger partial charge in [0.1, 0.15) is 0 Å². The van der Waals surface area contributed by atoms with E-state index in [4.69, 9.17) is 16.7 Å². The molecular formula is C11H17Cl2NO. The molecule has 1 atom stereocenters. The molecule has 4 heteroatoms. The van der Waals surface area contributed by atoms with Crippen molar-refractivity contribution in [3.8, 4) is 0 Å². The first-order valence-electron chi connectivity index (χ1n) is 4.85. The average Bonchev–Trinajstić information content (AvgIpc) is 2.22. The second kappa shape index (κ2) is 7.94. The number of halogens is 2. The van der Waals surface area contributed by atoms with E-state index in [9.17, 15) is 0 Å². The molecule has 0 fully saturated rings. The number of rotatable bonds is 5. The topological polar surface area (TPSA) is 32.3 Å². The Morgan fingerprint density at radius 3 is 2.60 bits per heavy atom. The molecule has 0 bridgehead atoms. The summed E-state index contributed by atoms with van der Waals surface area (Å²) in [6, 6.07) is 7.89. The Labute approximate surface area is 102 Å². The van der Waals surface area contributed by atoms with Crippen molar-refractivity contribution in [3.05, 3.63) is 34.9 Å². The molecule has 0 amide bonds. The summed E-state index contributed by atoms with van der Waals surface area (Å²) in [4.78, 5) is 0. The first-order valence-corrected chi connectivity index (χ1v) is 5.23. The largest absolute Gasteiger partial charge is 0.395 e. The van der Waals surface area contributed by atoms with E-state index in [0.29, 0.717) is 6.54 Å². The number of hydrogen-bond acceptors (Lipinski definition) is 2. The van der Waals surface area contributed by atoms with Crippen LogP contribution < -0.4 is 5.32 Å². The second-order valence-electron chi connectivity index (χ2n) is 3.26. The van der Waals surface area contributed by atoms with Crippen molar-refractivity contribution in [3.63, 3.8) is 0 Å². The highest BCUT2D eigenvalue weighted by Gasteiger charge is 2.04. The fraction of sp³-hybridized carbons (Fsp3) is 0.455. The van der Waals surface area contributed by atoms with Crippen molar-refractivity contribution >= 4 is 24.0 Å². The highest BCUT2D eigenvalue weighted by atomic mass is 35.5. The summed E-state index contributed by atoms with van der Waals surface area (Å²) in [5, 5.41) is 13.0. The van der Waals surface area contributed by atoms with Crippen molar-refractivity contribution in [2.75, 3.05) is 6.61 Å². The van der Waals surface area contributed by atoms with Crippen LogP contribution >= 0.6 is 24.0 Å². The van der Waals surface area contributed by atoms with Crippen molar-refractivity contribution in [2.45, 2.75) is 25.9 Å². The molecule has 2 N–H and O–H groups in total. The summed E-state index contributed by atoms with van der Waals surface area (Å²) in [6.45, 7) is 2.92. The van der Waals surface area contributed by atoms with Gasteiger partial charge in [-0.3, -0.25) is 0 Å².